The fourth-order valence-electron chi connectivity index (χ4n) is 0.391. The van der Waals surface area contributed by atoms with E-state index in [0.717, 1.165) is 0 Å². The minimum absolute atomic E-state index is 0.0122. The van der Waals surface area contributed by atoms with E-state index in [1.54, 1.807) is 0 Å². The molecule has 0 fully saturated rings. The molecule has 0 saturated heterocycles. The lowest BCUT2D eigenvalue weighted by molar-refractivity contribution is 0.0725. The topological polar surface area (TPSA) is 55.8 Å². The normalized spacial score (nSPS) is 11.6. The first-order chi connectivity index (χ1) is 4.77. The molecule has 0 aliphatic carbocycles. The predicted molar refractivity (Wildman–Crippen MR) is 37.4 cm³/mol. The number of hydrogen-bond acceptors (Lipinski definition) is 4. The van der Waals surface area contributed by atoms with Crippen molar-refractivity contribution in [2.75, 3.05) is 33.1 Å². The summed E-state index contributed by atoms with van der Waals surface area (Å²) in [5.41, 5.74) is 0. The van der Waals surface area contributed by atoms with E-state index in [1.165, 1.54) is 6.66 Å². The van der Waals surface area contributed by atoms with Crippen LogP contribution < -0.4 is 0 Å². The average Bonchev–Trinajstić information content (AvgIpc) is 1.87. The number of aliphatic hydroxyl groups is 1. The minimum atomic E-state index is -1.51. The summed E-state index contributed by atoms with van der Waals surface area (Å²) in [6.07, 6.45) is 0. The van der Waals surface area contributed by atoms with E-state index in [2.05, 4.69) is 0 Å². The Kier molecular flexibility index (Phi) is 7.08. The predicted octanol–water partition coefficient (Wildman–Crippen LogP) is 0.384. The van der Waals surface area contributed by atoms with Gasteiger partial charge in [0.05, 0.1) is 19.8 Å². The minimum Gasteiger partial charge on any atom is -0.394 e. The van der Waals surface area contributed by atoms with Gasteiger partial charge in [-0.05, 0) is 4.57 Å². The van der Waals surface area contributed by atoms with Gasteiger partial charge >= 0.3 is 8.03 Å². The maximum Gasteiger partial charge on any atom is 0.504 e. The van der Waals surface area contributed by atoms with Crippen LogP contribution in [0, 0.1) is 0 Å². The van der Waals surface area contributed by atoms with Crippen molar-refractivity contribution in [3.05, 3.63) is 0 Å². The Morgan fingerprint density at radius 1 is 1.40 bits per heavy atom. The molecule has 0 saturated carbocycles. The van der Waals surface area contributed by atoms with Gasteiger partial charge in [-0.25, -0.2) is 0 Å². The van der Waals surface area contributed by atoms with Crippen LogP contribution in [0.3, 0.4) is 0 Å². The molecule has 10 heavy (non-hydrogen) atoms. The summed E-state index contributed by atoms with van der Waals surface area (Å²) >= 11 is 0. The first kappa shape index (κ1) is 9.98. The quantitative estimate of drug-likeness (QED) is 0.459. The van der Waals surface area contributed by atoms with Gasteiger partial charge in [-0.1, -0.05) is 0 Å². The zero-order valence-corrected chi connectivity index (χ0v) is 6.84. The van der Waals surface area contributed by atoms with E-state index < -0.39 is 8.03 Å². The molecule has 5 heteroatoms. The molecule has 0 aromatic carbocycles. The highest BCUT2D eigenvalue weighted by Crippen LogP contribution is 2.13. The third-order valence-corrected chi connectivity index (χ3v) is 1.28. The molecule has 4 nitrogen and oxygen atoms in total. The molecule has 1 atom stereocenters. The molecule has 0 bridgehead atoms. The maximum absolute atomic E-state index is 10.3. The molecule has 0 spiro atoms. The molecule has 60 valence electrons. The van der Waals surface area contributed by atoms with Gasteiger partial charge in [0.15, 0.2) is 6.66 Å². The van der Waals surface area contributed by atoms with E-state index in [9.17, 15) is 4.57 Å². The largest absolute Gasteiger partial charge is 0.504 e. The van der Waals surface area contributed by atoms with Crippen LogP contribution in [0.1, 0.15) is 0 Å². The number of hydrogen-bond donors (Lipinski definition) is 1. The highest BCUT2D eigenvalue weighted by atomic mass is 31.1. The zero-order valence-electron chi connectivity index (χ0n) is 5.95. The summed E-state index contributed by atoms with van der Waals surface area (Å²) in [4.78, 5) is 0. The van der Waals surface area contributed by atoms with Crippen LogP contribution in [-0.4, -0.2) is 38.2 Å². The number of rotatable bonds is 6. The van der Waals surface area contributed by atoms with E-state index in [-0.39, 0.29) is 6.61 Å². The first-order valence-corrected chi connectivity index (χ1v) is 4.62. The Morgan fingerprint density at radius 3 is 2.60 bits per heavy atom. The van der Waals surface area contributed by atoms with E-state index in [1.807, 2.05) is 0 Å². The third-order valence-electron chi connectivity index (χ3n) is 0.736. The second-order valence-corrected chi connectivity index (χ2v) is 2.75. The molecule has 0 amide bonds. The molecule has 0 aliphatic heterocycles. The van der Waals surface area contributed by atoms with Crippen molar-refractivity contribution in [2.24, 2.45) is 0 Å². The van der Waals surface area contributed by atoms with Crippen LogP contribution in [0.4, 0.5) is 0 Å². The maximum atomic E-state index is 10.3. The fraction of sp³-hybridized carbons (Fsp3) is 1.00. The lowest BCUT2D eigenvalue weighted by Crippen LogP contribution is -2.04. The van der Waals surface area contributed by atoms with E-state index in [4.69, 9.17) is 14.4 Å². The standard InChI is InChI=1S/C5H12O4P/c1-10(7)9-5-4-8-3-2-6/h6H,2-5H2,1H3/q+1. The van der Waals surface area contributed by atoms with Crippen molar-refractivity contribution in [3.8, 4) is 0 Å². The van der Waals surface area contributed by atoms with Crippen LogP contribution >= 0.6 is 8.03 Å². The number of ether oxygens (including phenoxy) is 1. The average molecular weight is 167 g/mol. The molecule has 0 radical (unpaired) electrons. The SMILES string of the molecule is C[P+](=O)OCCOCCO. The lowest BCUT2D eigenvalue weighted by atomic mass is 10.7. The molecule has 0 aliphatic rings. The molecular weight excluding hydrogens is 155 g/mol. The lowest BCUT2D eigenvalue weighted by Gasteiger charge is -1.95. The van der Waals surface area contributed by atoms with Crippen molar-refractivity contribution in [3.63, 3.8) is 0 Å². The summed E-state index contributed by atoms with van der Waals surface area (Å²) < 4.78 is 19.8. The third kappa shape index (κ3) is 7.98. The smallest absolute Gasteiger partial charge is 0.394 e. The fourth-order valence-corrected chi connectivity index (χ4v) is 0.723. The van der Waals surface area contributed by atoms with Crippen LogP contribution in [0.15, 0.2) is 0 Å². The Hall–Kier alpha value is -0.0200. The van der Waals surface area contributed by atoms with Gasteiger partial charge in [-0.2, -0.15) is 0 Å². The van der Waals surface area contributed by atoms with Crippen LogP contribution in [0.2, 0.25) is 0 Å². The summed E-state index contributed by atoms with van der Waals surface area (Å²) in [5.74, 6) is 0. The van der Waals surface area contributed by atoms with Crippen LogP contribution in [0.5, 0.6) is 0 Å². The van der Waals surface area contributed by atoms with Gasteiger partial charge < -0.3 is 9.84 Å². The van der Waals surface area contributed by atoms with Gasteiger partial charge in [-0.15, -0.1) is 4.52 Å². The number of aliphatic hydroxyl groups excluding tert-OH is 1. The van der Waals surface area contributed by atoms with Crippen molar-refractivity contribution < 1.29 is 18.9 Å². The summed E-state index contributed by atoms with van der Waals surface area (Å²) in [5, 5.41) is 8.25. The van der Waals surface area contributed by atoms with Crippen molar-refractivity contribution in [1.82, 2.24) is 0 Å². The zero-order chi connectivity index (χ0) is 7.82. The monoisotopic (exact) mass is 167 g/mol. The van der Waals surface area contributed by atoms with E-state index >= 15 is 0 Å². The summed E-state index contributed by atoms with van der Waals surface area (Å²) in [6.45, 7) is 2.52. The Balaban J connectivity index is 2.84. The van der Waals surface area contributed by atoms with Crippen molar-refractivity contribution >= 4 is 8.03 Å². The first-order valence-electron chi connectivity index (χ1n) is 2.99. The Bertz CT molecular complexity index is 95.6. The van der Waals surface area contributed by atoms with Gasteiger partial charge in [0, 0.05) is 0 Å². The Morgan fingerprint density at radius 2 is 2.10 bits per heavy atom. The molecule has 1 unspecified atom stereocenters. The van der Waals surface area contributed by atoms with Gasteiger partial charge in [0.25, 0.3) is 0 Å². The van der Waals surface area contributed by atoms with Crippen molar-refractivity contribution in [2.45, 2.75) is 0 Å². The van der Waals surface area contributed by atoms with Gasteiger partial charge in [0.1, 0.15) is 6.61 Å². The van der Waals surface area contributed by atoms with Gasteiger partial charge in [0.2, 0.25) is 0 Å². The second kappa shape index (κ2) is 7.09. The molecule has 1 N–H and O–H groups in total. The molecule has 0 rings (SSSR count). The van der Waals surface area contributed by atoms with Crippen molar-refractivity contribution in [1.29, 1.82) is 0 Å². The summed E-state index contributed by atoms with van der Waals surface area (Å²) in [6, 6.07) is 0. The van der Waals surface area contributed by atoms with Gasteiger partial charge in [-0.3, -0.25) is 0 Å². The second-order valence-electron chi connectivity index (χ2n) is 1.61. The molecule has 0 aromatic heterocycles. The highest BCUT2D eigenvalue weighted by molar-refractivity contribution is 7.38. The molecule has 0 aromatic rings. The van der Waals surface area contributed by atoms with Crippen LogP contribution in [-0.2, 0) is 13.8 Å². The summed E-state index contributed by atoms with van der Waals surface area (Å²) in [7, 11) is -1.51. The Labute approximate surface area is 61.0 Å². The van der Waals surface area contributed by atoms with Crippen LogP contribution in [0.25, 0.3) is 0 Å². The highest BCUT2D eigenvalue weighted by Gasteiger charge is 2.04. The molecular formula is C5H12O4P+. The van der Waals surface area contributed by atoms with E-state index in [0.29, 0.717) is 19.8 Å². The molecule has 0 heterocycles.